The Hall–Kier alpha value is -2.74. The molecule has 0 aromatic heterocycles. The molecule has 1 aliphatic heterocycles. The molecule has 2 unspecified atom stereocenters. The van der Waals surface area contributed by atoms with Gasteiger partial charge in [0.1, 0.15) is 6.17 Å². The summed E-state index contributed by atoms with van der Waals surface area (Å²) < 4.78 is 14.0. The molecular weight excluding hydrogens is 271 g/mol. The quantitative estimate of drug-likeness (QED) is 0.782. The van der Waals surface area contributed by atoms with E-state index in [-0.39, 0.29) is 12.1 Å². The van der Waals surface area contributed by atoms with Gasteiger partial charge < -0.3 is 0 Å². The maximum Gasteiger partial charge on any atom is 0.261 e. The second kappa shape index (κ2) is 4.98. The molecule has 104 valence electrons. The monoisotopic (exact) mass is 282 g/mol. The highest BCUT2D eigenvalue weighted by Crippen LogP contribution is 2.29. The van der Waals surface area contributed by atoms with Crippen LogP contribution in [-0.4, -0.2) is 29.4 Å². The van der Waals surface area contributed by atoms with E-state index in [1.54, 1.807) is 24.3 Å². The van der Waals surface area contributed by atoms with Crippen molar-refractivity contribution < 1.29 is 14.0 Å². The summed E-state index contributed by atoms with van der Waals surface area (Å²) in [6.07, 6.45) is 2.93. The molecular formula is C16H11FN2O2. The fourth-order valence-corrected chi connectivity index (χ4v) is 2.62. The van der Waals surface area contributed by atoms with Gasteiger partial charge in [0.2, 0.25) is 0 Å². The molecule has 21 heavy (non-hydrogen) atoms. The molecule has 0 saturated heterocycles. The summed E-state index contributed by atoms with van der Waals surface area (Å²) in [5.41, 5.74) is 0.889. The average Bonchev–Trinajstić information content (AvgIpc) is 2.74. The van der Waals surface area contributed by atoms with Crippen molar-refractivity contribution in [1.29, 1.82) is 5.26 Å². The van der Waals surface area contributed by atoms with Crippen molar-refractivity contribution >= 4 is 11.8 Å². The molecule has 0 N–H and O–H groups in total. The summed E-state index contributed by atoms with van der Waals surface area (Å²) in [6.45, 7) is -0.128. The van der Waals surface area contributed by atoms with E-state index in [0.29, 0.717) is 11.1 Å². The summed E-state index contributed by atoms with van der Waals surface area (Å²) >= 11 is 0. The van der Waals surface area contributed by atoms with Gasteiger partial charge in [-0.2, -0.15) is 5.26 Å². The Kier molecular flexibility index (Phi) is 3.15. The summed E-state index contributed by atoms with van der Waals surface area (Å²) in [7, 11) is 0. The SMILES string of the molecule is N#CC1=CC=CC(F)C1CN1C(=O)c2ccccc2C1=O. The van der Waals surface area contributed by atoms with Gasteiger partial charge in [0, 0.05) is 18.0 Å². The zero-order chi connectivity index (χ0) is 15.0. The molecule has 0 bridgehead atoms. The highest BCUT2D eigenvalue weighted by atomic mass is 19.1. The van der Waals surface area contributed by atoms with Crippen molar-refractivity contribution in [3.63, 3.8) is 0 Å². The molecule has 1 aromatic carbocycles. The van der Waals surface area contributed by atoms with Crippen LogP contribution >= 0.6 is 0 Å². The number of alkyl halides is 1. The fraction of sp³-hybridized carbons (Fsp3) is 0.188. The fourth-order valence-electron chi connectivity index (χ4n) is 2.62. The number of fused-ring (bicyclic) bond motifs is 1. The first-order valence-electron chi connectivity index (χ1n) is 6.51. The predicted octanol–water partition coefficient (Wildman–Crippen LogP) is 2.26. The van der Waals surface area contributed by atoms with Crippen LogP contribution in [0.4, 0.5) is 4.39 Å². The Morgan fingerprint density at radius 1 is 1.19 bits per heavy atom. The number of halogens is 1. The molecule has 4 nitrogen and oxygen atoms in total. The Bertz CT molecular complexity index is 695. The first kappa shape index (κ1) is 13.3. The zero-order valence-corrected chi connectivity index (χ0v) is 11.0. The molecule has 0 spiro atoms. The van der Waals surface area contributed by atoms with Crippen molar-refractivity contribution in [1.82, 2.24) is 4.90 Å². The van der Waals surface area contributed by atoms with Gasteiger partial charge in [0.05, 0.1) is 17.2 Å². The van der Waals surface area contributed by atoms with Crippen LogP contribution in [-0.2, 0) is 0 Å². The van der Waals surface area contributed by atoms with E-state index >= 15 is 0 Å². The van der Waals surface area contributed by atoms with Gasteiger partial charge in [0.25, 0.3) is 11.8 Å². The summed E-state index contributed by atoms with van der Waals surface area (Å²) in [4.78, 5) is 25.5. The van der Waals surface area contributed by atoms with E-state index in [2.05, 4.69) is 0 Å². The van der Waals surface area contributed by atoms with Crippen molar-refractivity contribution in [3.8, 4) is 6.07 Å². The molecule has 2 atom stereocenters. The molecule has 0 radical (unpaired) electrons. The van der Waals surface area contributed by atoms with Gasteiger partial charge in [-0.25, -0.2) is 4.39 Å². The lowest BCUT2D eigenvalue weighted by atomic mass is 9.90. The summed E-state index contributed by atoms with van der Waals surface area (Å²) in [6, 6.07) is 8.43. The normalized spacial score (nSPS) is 23.8. The first-order chi connectivity index (χ1) is 10.1. The third-order valence-corrected chi connectivity index (χ3v) is 3.74. The Morgan fingerprint density at radius 2 is 1.81 bits per heavy atom. The smallest absolute Gasteiger partial charge is 0.261 e. The number of amides is 2. The second-order valence-electron chi connectivity index (χ2n) is 4.94. The number of carbonyl (C=O) groups is 2. The van der Waals surface area contributed by atoms with Crippen molar-refractivity contribution in [3.05, 3.63) is 59.2 Å². The van der Waals surface area contributed by atoms with Gasteiger partial charge >= 0.3 is 0 Å². The van der Waals surface area contributed by atoms with E-state index in [1.165, 1.54) is 18.2 Å². The minimum absolute atomic E-state index is 0.128. The number of imide groups is 1. The lowest BCUT2D eigenvalue weighted by Gasteiger charge is -2.25. The van der Waals surface area contributed by atoms with Crippen LogP contribution < -0.4 is 0 Å². The van der Waals surface area contributed by atoms with Crippen LogP contribution in [0.15, 0.2) is 48.1 Å². The molecule has 1 aliphatic carbocycles. The van der Waals surface area contributed by atoms with Gasteiger partial charge in [-0.15, -0.1) is 0 Å². The maximum atomic E-state index is 14.0. The minimum Gasteiger partial charge on any atom is -0.274 e. The van der Waals surface area contributed by atoms with Gasteiger partial charge in [-0.3, -0.25) is 14.5 Å². The van der Waals surface area contributed by atoms with Crippen LogP contribution in [0.3, 0.4) is 0 Å². The van der Waals surface area contributed by atoms with Gasteiger partial charge in [0.15, 0.2) is 0 Å². The van der Waals surface area contributed by atoms with Crippen LogP contribution in [0.5, 0.6) is 0 Å². The predicted molar refractivity (Wildman–Crippen MR) is 73.0 cm³/mol. The van der Waals surface area contributed by atoms with Crippen molar-refractivity contribution in [2.45, 2.75) is 6.17 Å². The number of hydrogen-bond acceptors (Lipinski definition) is 3. The number of rotatable bonds is 2. The van der Waals surface area contributed by atoms with Crippen LogP contribution in [0, 0.1) is 17.2 Å². The Morgan fingerprint density at radius 3 is 2.38 bits per heavy atom. The largest absolute Gasteiger partial charge is 0.274 e. The number of nitriles is 1. The number of hydrogen-bond donors (Lipinski definition) is 0. The van der Waals surface area contributed by atoms with Crippen LogP contribution in [0.25, 0.3) is 0 Å². The number of benzene rings is 1. The summed E-state index contributed by atoms with van der Waals surface area (Å²) in [5.74, 6) is -1.67. The Labute approximate surface area is 120 Å². The molecule has 0 fully saturated rings. The van der Waals surface area contributed by atoms with E-state index < -0.39 is 23.9 Å². The zero-order valence-electron chi connectivity index (χ0n) is 11.0. The topological polar surface area (TPSA) is 61.2 Å². The average molecular weight is 282 g/mol. The van der Waals surface area contributed by atoms with Crippen LogP contribution in [0.1, 0.15) is 20.7 Å². The van der Waals surface area contributed by atoms with E-state index in [1.807, 2.05) is 6.07 Å². The second-order valence-corrected chi connectivity index (χ2v) is 4.94. The highest BCUT2D eigenvalue weighted by Gasteiger charge is 2.38. The standard InChI is InChI=1S/C16H11FN2O2/c17-14-7-3-4-10(8-18)13(14)9-19-15(20)11-5-1-2-6-12(11)16(19)21/h1-7,13-14H,9H2. The van der Waals surface area contributed by atoms with Gasteiger partial charge in [-0.05, 0) is 24.3 Å². The molecule has 5 heteroatoms. The van der Waals surface area contributed by atoms with Gasteiger partial charge in [-0.1, -0.05) is 18.2 Å². The third-order valence-electron chi connectivity index (χ3n) is 3.74. The highest BCUT2D eigenvalue weighted by molar-refractivity contribution is 6.21. The molecule has 2 aliphatic rings. The third kappa shape index (κ3) is 2.05. The van der Waals surface area contributed by atoms with E-state index in [4.69, 9.17) is 5.26 Å². The number of carbonyl (C=O) groups excluding carboxylic acids is 2. The number of allylic oxidation sites excluding steroid dienone is 3. The van der Waals surface area contributed by atoms with Crippen molar-refractivity contribution in [2.75, 3.05) is 6.54 Å². The van der Waals surface area contributed by atoms with Crippen molar-refractivity contribution in [2.24, 2.45) is 5.92 Å². The molecule has 2 amide bonds. The van der Waals surface area contributed by atoms with E-state index in [9.17, 15) is 14.0 Å². The Balaban J connectivity index is 1.89. The molecule has 1 heterocycles. The first-order valence-corrected chi connectivity index (χ1v) is 6.51. The van der Waals surface area contributed by atoms with Crippen LogP contribution in [0.2, 0.25) is 0 Å². The lowest BCUT2D eigenvalue weighted by Crippen LogP contribution is -2.38. The molecule has 0 saturated carbocycles. The minimum atomic E-state index is -1.38. The molecule has 1 aromatic rings. The lowest BCUT2D eigenvalue weighted by molar-refractivity contribution is 0.0622. The maximum absolute atomic E-state index is 14.0. The molecule has 3 rings (SSSR count). The number of nitrogens with zero attached hydrogens (tertiary/aromatic N) is 2. The van der Waals surface area contributed by atoms with E-state index in [0.717, 1.165) is 4.90 Å². The summed E-state index contributed by atoms with van der Waals surface area (Å²) in [5, 5.41) is 9.05.